The van der Waals surface area contributed by atoms with Crippen LogP contribution in [0.15, 0.2) is 4.99 Å². The van der Waals surface area contributed by atoms with E-state index in [1.807, 2.05) is 7.05 Å². The summed E-state index contributed by atoms with van der Waals surface area (Å²) in [6.07, 6.45) is 3.84. The van der Waals surface area contributed by atoms with Gasteiger partial charge in [-0.25, -0.2) is 0 Å². The molecule has 0 aromatic rings. The van der Waals surface area contributed by atoms with Gasteiger partial charge in [0.05, 0.1) is 13.2 Å². The summed E-state index contributed by atoms with van der Waals surface area (Å²) >= 11 is 2.09. The van der Waals surface area contributed by atoms with Gasteiger partial charge >= 0.3 is 0 Å². The van der Waals surface area contributed by atoms with E-state index in [0.717, 1.165) is 45.4 Å². The van der Waals surface area contributed by atoms with Crippen LogP contribution in [-0.4, -0.2) is 73.8 Å². The summed E-state index contributed by atoms with van der Waals surface area (Å²) in [7, 11) is 1.87. The summed E-state index contributed by atoms with van der Waals surface area (Å²) in [4.78, 5) is 6.99. The number of hydrogen-bond acceptors (Lipinski definition) is 4. The summed E-state index contributed by atoms with van der Waals surface area (Å²) < 4.78 is 5.87. The molecule has 2 fully saturated rings. The molecule has 0 bridgehead atoms. The van der Waals surface area contributed by atoms with Crippen molar-refractivity contribution in [3.05, 3.63) is 0 Å². The van der Waals surface area contributed by atoms with Gasteiger partial charge in [-0.2, -0.15) is 11.8 Å². The molecular weight excluding hydrogens is 320 g/mol. The van der Waals surface area contributed by atoms with Crippen LogP contribution in [0.4, 0.5) is 0 Å². The minimum atomic E-state index is 0.360. The molecule has 2 N–H and O–H groups in total. The van der Waals surface area contributed by atoms with Crippen LogP contribution in [0.2, 0.25) is 0 Å². The Labute approximate surface area is 152 Å². The van der Waals surface area contributed by atoms with E-state index in [4.69, 9.17) is 4.74 Å². The number of guanidine groups is 1. The van der Waals surface area contributed by atoms with E-state index in [1.54, 1.807) is 0 Å². The third kappa shape index (κ3) is 6.45. The molecule has 6 heteroatoms. The Morgan fingerprint density at radius 3 is 2.62 bits per heavy atom. The predicted molar refractivity (Wildman–Crippen MR) is 105 cm³/mol. The van der Waals surface area contributed by atoms with Crippen LogP contribution in [0, 0.1) is 5.92 Å². The molecule has 0 aromatic heterocycles. The first kappa shape index (κ1) is 19.9. The number of aliphatic imine (C=N–C) groups is 1. The molecule has 2 saturated heterocycles. The predicted octanol–water partition coefficient (Wildman–Crippen LogP) is 2.18. The van der Waals surface area contributed by atoms with Gasteiger partial charge in [-0.15, -0.1) is 0 Å². The summed E-state index contributed by atoms with van der Waals surface area (Å²) in [5.41, 5.74) is 0. The third-order valence-corrected chi connectivity index (χ3v) is 6.50. The Kier molecular flexibility index (Phi) is 8.17. The number of thioether (sulfide) groups is 1. The second-order valence-corrected chi connectivity index (χ2v) is 9.32. The van der Waals surface area contributed by atoms with E-state index in [-0.39, 0.29) is 0 Å². The van der Waals surface area contributed by atoms with Crippen molar-refractivity contribution in [3.63, 3.8) is 0 Å². The lowest BCUT2D eigenvalue weighted by molar-refractivity contribution is 0.0132. The maximum atomic E-state index is 5.51. The van der Waals surface area contributed by atoms with E-state index in [9.17, 15) is 0 Å². The van der Waals surface area contributed by atoms with Crippen molar-refractivity contribution in [3.8, 4) is 0 Å². The number of nitrogens with zero attached hydrogens (tertiary/aromatic N) is 2. The minimum absolute atomic E-state index is 0.360. The average molecular weight is 357 g/mol. The van der Waals surface area contributed by atoms with Crippen LogP contribution in [0.25, 0.3) is 0 Å². The van der Waals surface area contributed by atoms with Gasteiger partial charge in [0.1, 0.15) is 0 Å². The molecule has 2 aliphatic rings. The van der Waals surface area contributed by atoms with Crippen molar-refractivity contribution in [2.75, 3.05) is 52.2 Å². The first-order valence-corrected chi connectivity index (χ1v) is 10.4. The smallest absolute Gasteiger partial charge is 0.191 e. The van der Waals surface area contributed by atoms with E-state index < -0.39 is 0 Å². The highest BCUT2D eigenvalue weighted by Crippen LogP contribution is 2.36. The zero-order chi connectivity index (χ0) is 17.4. The van der Waals surface area contributed by atoms with Gasteiger partial charge in [-0.1, -0.05) is 13.8 Å². The Morgan fingerprint density at radius 2 is 2.04 bits per heavy atom. The van der Waals surface area contributed by atoms with Gasteiger partial charge in [-0.05, 0) is 37.9 Å². The monoisotopic (exact) mass is 356 g/mol. The normalized spacial score (nSPS) is 27.5. The number of ether oxygens (including phenoxy) is 1. The zero-order valence-electron chi connectivity index (χ0n) is 15.9. The Bertz CT molecular complexity index is 390. The van der Waals surface area contributed by atoms with Crippen molar-refractivity contribution in [2.45, 2.75) is 50.8 Å². The average Bonchev–Trinajstić information content (AvgIpc) is 3.01. The van der Waals surface area contributed by atoms with Crippen LogP contribution in [0.3, 0.4) is 0 Å². The third-order valence-electron chi connectivity index (χ3n) is 4.96. The quantitative estimate of drug-likeness (QED) is 0.541. The van der Waals surface area contributed by atoms with Crippen molar-refractivity contribution in [1.82, 2.24) is 15.5 Å². The minimum Gasteiger partial charge on any atom is -0.379 e. The highest BCUT2D eigenvalue weighted by molar-refractivity contribution is 8.00. The molecule has 0 saturated carbocycles. The second kappa shape index (κ2) is 9.88. The van der Waals surface area contributed by atoms with Crippen LogP contribution in [0.5, 0.6) is 0 Å². The fourth-order valence-corrected chi connectivity index (χ4v) is 4.77. The molecule has 0 spiro atoms. The van der Waals surface area contributed by atoms with E-state index in [1.165, 1.54) is 25.0 Å². The SMILES string of the molecule is CN=C(NCC(CC(C)C)N1CCOCC1)NCC1(C)CCCS1. The van der Waals surface area contributed by atoms with E-state index in [2.05, 4.69) is 53.1 Å². The lowest BCUT2D eigenvalue weighted by Crippen LogP contribution is -2.52. The summed E-state index contributed by atoms with van der Waals surface area (Å²) in [5, 5.41) is 7.10. The molecule has 0 aromatic carbocycles. The van der Waals surface area contributed by atoms with E-state index >= 15 is 0 Å². The summed E-state index contributed by atoms with van der Waals surface area (Å²) in [6.45, 7) is 12.7. The van der Waals surface area contributed by atoms with Gasteiger partial charge in [0.2, 0.25) is 0 Å². The number of morpholine rings is 1. The largest absolute Gasteiger partial charge is 0.379 e. The molecule has 24 heavy (non-hydrogen) atoms. The Morgan fingerprint density at radius 1 is 1.29 bits per heavy atom. The highest BCUT2D eigenvalue weighted by Gasteiger charge is 2.29. The number of hydrogen-bond donors (Lipinski definition) is 2. The van der Waals surface area contributed by atoms with Crippen molar-refractivity contribution >= 4 is 17.7 Å². The maximum Gasteiger partial charge on any atom is 0.191 e. The number of nitrogens with one attached hydrogen (secondary N) is 2. The molecular formula is C18H36N4OS. The molecule has 140 valence electrons. The van der Waals surface area contributed by atoms with Crippen LogP contribution in [0.1, 0.15) is 40.0 Å². The van der Waals surface area contributed by atoms with Gasteiger partial charge in [0, 0.05) is 44.0 Å². The van der Waals surface area contributed by atoms with Crippen LogP contribution < -0.4 is 10.6 Å². The highest BCUT2D eigenvalue weighted by atomic mass is 32.2. The summed E-state index contributed by atoms with van der Waals surface area (Å²) in [5.74, 6) is 2.92. The van der Waals surface area contributed by atoms with Crippen molar-refractivity contribution < 1.29 is 4.74 Å². The van der Waals surface area contributed by atoms with Gasteiger partial charge in [0.25, 0.3) is 0 Å². The summed E-state index contributed by atoms with van der Waals surface area (Å²) in [6, 6.07) is 0.545. The first-order chi connectivity index (χ1) is 11.5. The van der Waals surface area contributed by atoms with Gasteiger partial charge < -0.3 is 15.4 Å². The molecule has 0 aliphatic carbocycles. The number of rotatable bonds is 7. The Balaban J connectivity index is 1.81. The fourth-order valence-electron chi connectivity index (χ4n) is 3.53. The van der Waals surface area contributed by atoms with Crippen molar-refractivity contribution in [2.24, 2.45) is 10.9 Å². The lowest BCUT2D eigenvalue weighted by Gasteiger charge is -2.36. The molecule has 0 amide bonds. The zero-order valence-corrected chi connectivity index (χ0v) is 16.8. The first-order valence-electron chi connectivity index (χ1n) is 9.43. The van der Waals surface area contributed by atoms with E-state index in [0.29, 0.717) is 16.7 Å². The van der Waals surface area contributed by atoms with Crippen LogP contribution in [-0.2, 0) is 4.74 Å². The molecule has 2 heterocycles. The maximum absolute atomic E-state index is 5.51. The second-order valence-electron chi connectivity index (χ2n) is 7.64. The van der Waals surface area contributed by atoms with Gasteiger partial charge in [0.15, 0.2) is 5.96 Å². The fraction of sp³-hybridized carbons (Fsp3) is 0.944. The standard InChI is InChI=1S/C18H36N4OS/c1-15(2)12-16(22-7-9-23-10-8-22)13-20-17(19-4)21-14-18(3)6-5-11-24-18/h15-16H,5-14H2,1-4H3,(H2,19,20,21). The molecule has 5 nitrogen and oxygen atoms in total. The molecule has 2 atom stereocenters. The molecule has 0 radical (unpaired) electrons. The van der Waals surface area contributed by atoms with Crippen molar-refractivity contribution in [1.29, 1.82) is 0 Å². The Hall–Kier alpha value is -0.460. The molecule has 2 rings (SSSR count). The lowest BCUT2D eigenvalue weighted by atomic mass is 10.0. The van der Waals surface area contributed by atoms with Gasteiger partial charge in [-0.3, -0.25) is 9.89 Å². The topological polar surface area (TPSA) is 48.9 Å². The van der Waals surface area contributed by atoms with Crippen LogP contribution >= 0.6 is 11.8 Å². The molecule has 2 aliphatic heterocycles. The molecule has 2 unspecified atom stereocenters.